The first-order chi connectivity index (χ1) is 10.8. The number of carbonyl (C=O) groups is 2. The SMILES string of the molecule is CC(C)(C)OC(=O)NCc1cccc(NC(=O)[C@H]2CCCO2)c1. The molecule has 0 aromatic heterocycles. The Morgan fingerprint density at radius 2 is 2.13 bits per heavy atom. The van der Waals surface area contributed by atoms with Gasteiger partial charge in [-0.15, -0.1) is 0 Å². The molecule has 1 fully saturated rings. The number of amides is 2. The molecule has 1 heterocycles. The molecule has 0 spiro atoms. The lowest BCUT2D eigenvalue weighted by Gasteiger charge is -2.19. The molecule has 1 aliphatic heterocycles. The second-order valence-electron chi connectivity index (χ2n) is 6.55. The molecule has 2 amide bonds. The van der Waals surface area contributed by atoms with Crippen molar-refractivity contribution < 1.29 is 19.1 Å². The van der Waals surface area contributed by atoms with Crippen LogP contribution in [0.25, 0.3) is 0 Å². The number of nitrogens with one attached hydrogen (secondary N) is 2. The Bertz CT molecular complexity index is 560. The summed E-state index contributed by atoms with van der Waals surface area (Å²) in [6.07, 6.45) is 0.841. The van der Waals surface area contributed by atoms with Gasteiger partial charge in [-0.25, -0.2) is 4.79 Å². The second kappa shape index (κ2) is 7.46. The lowest BCUT2D eigenvalue weighted by Crippen LogP contribution is -2.32. The Morgan fingerprint density at radius 1 is 1.35 bits per heavy atom. The van der Waals surface area contributed by atoms with Crippen molar-refractivity contribution in [1.29, 1.82) is 0 Å². The lowest BCUT2D eigenvalue weighted by atomic mass is 10.2. The Kier molecular flexibility index (Phi) is 5.60. The fourth-order valence-electron chi connectivity index (χ4n) is 2.25. The van der Waals surface area contributed by atoms with Crippen molar-refractivity contribution in [2.75, 3.05) is 11.9 Å². The number of anilines is 1. The smallest absolute Gasteiger partial charge is 0.407 e. The maximum Gasteiger partial charge on any atom is 0.407 e. The molecule has 1 aromatic rings. The fraction of sp³-hybridized carbons (Fsp3) is 0.529. The third kappa shape index (κ3) is 5.90. The lowest BCUT2D eigenvalue weighted by molar-refractivity contribution is -0.124. The number of rotatable bonds is 4. The van der Waals surface area contributed by atoms with Gasteiger partial charge in [-0.2, -0.15) is 0 Å². The van der Waals surface area contributed by atoms with Crippen molar-refractivity contribution in [3.8, 4) is 0 Å². The van der Waals surface area contributed by atoms with Crippen LogP contribution in [0.15, 0.2) is 24.3 Å². The van der Waals surface area contributed by atoms with Gasteiger partial charge < -0.3 is 20.1 Å². The van der Waals surface area contributed by atoms with Crippen LogP contribution >= 0.6 is 0 Å². The summed E-state index contributed by atoms with van der Waals surface area (Å²) < 4.78 is 10.5. The first-order valence-electron chi connectivity index (χ1n) is 7.82. The molecule has 1 saturated heterocycles. The summed E-state index contributed by atoms with van der Waals surface area (Å²) in [6.45, 7) is 6.41. The average molecular weight is 320 g/mol. The average Bonchev–Trinajstić information content (AvgIpc) is 2.98. The Hall–Kier alpha value is -2.08. The molecule has 0 saturated carbocycles. The van der Waals surface area contributed by atoms with E-state index in [0.717, 1.165) is 18.4 Å². The normalized spacial score (nSPS) is 17.6. The summed E-state index contributed by atoms with van der Waals surface area (Å²) in [5, 5.41) is 5.53. The van der Waals surface area contributed by atoms with E-state index in [1.54, 1.807) is 0 Å². The van der Waals surface area contributed by atoms with Crippen molar-refractivity contribution in [3.05, 3.63) is 29.8 Å². The minimum absolute atomic E-state index is 0.125. The molecule has 23 heavy (non-hydrogen) atoms. The summed E-state index contributed by atoms with van der Waals surface area (Å²) in [5.41, 5.74) is 1.04. The number of hydrogen-bond acceptors (Lipinski definition) is 4. The van der Waals surface area contributed by atoms with Gasteiger partial charge in [-0.05, 0) is 51.3 Å². The zero-order valence-corrected chi connectivity index (χ0v) is 13.8. The maximum absolute atomic E-state index is 12.0. The minimum atomic E-state index is -0.527. The van der Waals surface area contributed by atoms with Gasteiger partial charge in [0.25, 0.3) is 5.91 Å². The number of carbonyl (C=O) groups excluding carboxylic acids is 2. The van der Waals surface area contributed by atoms with E-state index in [4.69, 9.17) is 9.47 Å². The highest BCUT2D eigenvalue weighted by molar-refractivity contribution is 5.94. The van der Waals surface area contributed by atoms with Crippen LogP contribution in [0.2, 0.25) is 0 Å². The molecule has 1 atom stereocenters. The monoisotopic (exact) mass is 320 g/mol. The first kappa shape index (κ1) is 17.3. The van der Waals surface area contributed by atoms with E-state index in [9.17, 15) is 9.59 Å². The zero-order valence-electron chi connectivity index (χ0n) is 13.8. The van der Waals surface area contributed by atoms with Crippen LogP contribution in [0.1, 0.15) is 39.2 Å². The predicted molar refractivity (Wildman–Crippen MR) is 87.1 cm³/mol. The third-order valence-corrected chi connectivity index (χ3v) is 3.25. The summed E-state index contributed by atoms with van der Waals surface area (Å²) in [5.74, 6) is -0.125. The van der Waals surface area contributed by atoms with Gasteiger partial charge in [-0.3, -0.25) is 4.79 Å². The van der Waals surface area contributed by atoms with Gasteiger partial charge in [0.05, 0.1) is 0 Å². The summed E-state index contributed by atoms with van der Waals surface area (Å²) in [7, 11) is 0. The van der Waals surface area contributed by atoms with Crippen molar-refractivity contribution >= 4 is 17.7 Å². The molecule has 1 aliphatic rings. The standard InChI is InChI=1S/C17H24N2O4/c1-17(2,3)23-16(21)18-11-12-6-4-7-13(10-12)19-15(20)14-8-5-9-22-14/h4,6-7,10,14H,5,8-9,11H2,1-3H3,(H,18,21)(H,19,20)/t14-/m1/s1. The summed E-state index contributed by atoms with van der Waals surface area (Å²) in [6, 6.07) is 7.34. The van der Waals surface area contributed by atoms with E-state index in [-0.39, 0.29) is 12.0 Å². The van der Waals surface area contributed by atoms with Gasteiger partial charge in [0.2, 0.25) is 0 Å². The largest absolute Gasteiger partial charge is 0.444 e. The van der Waals surface area contributed by atoms with Crippen LogP contribution in [-0.4, -0.2) is 30.3 Å². The van der Waals surface area contributed by atoms with Crippen LogP contribution in [-0.2, 0) is 20.8 Å². The summed E-state index contributed by atoms with van der Waals surface area (Å²) in [4.78, 5) is 23.7. The fourth-order valence-corrected chi connectivity index (χ4v) is 2.25. The van der Waals surface area contributed by atoms with Crippen LogP contribution in [0.4, 0.5) is 10.5 Å². The number of hydrogen-bond donors (Lipinski definition) is 2. The van der Waals surface area contributed by atoms with E-state index in [1.807, 2.05) is 45.0 Å². The third-order valence-electron chi connectivity index (χ3n) is 3.25. The van der Waals surface area contributed by atoms with Crippen LogP contribution in [0.5, 0.6) is 0 Å². The Morgan fingerprint density at radius 3 is 2.78 bits per heavy atom. The van der Waals surface area contributed by atoms with Gasteiger partial charge in [0.1, 0.15) is 11.7 Å². The van der Waals surface area contributed by atoms with Crippen LogP contribution in [0, 0.1) is 0 Å². The maximum atomic E-state index is 12.0. The highest BCUT2D eigenvalue weighted by Gasteiger charge is 2.23. The Labute approximate surface area is 136 Å². The molecule has 1 aromatic carbocycles. The van der Waals surface area contributed by atoms with E-state index in [1.165, 1.54) is 0 Å². The van der Waals surface area contributed by atoms with Crippen molar-refractivity contribution in [1.82, 2.24) is 5.32 Å². The number of benzene rings is 1. The van der Waals surface area contributed by atoms with E-state index < -0.39 is 11.7 Å². The second-order valence-corrected chi connectivity index (χ2v) is 6.55. The molecule has 6 heteroatoms. The minimum Gasteiger partial charge on any atom is -0.444 e. The van der Waals surface area contributed by atoms with E-state index in [2.05, 4.69) is 10.6 Å². The van der Waals surface area contributed by atoms with Crippen molar-refractivity contribution in [3.63, 3.8) is 0 Å². The summed E-state index contributed by atoms with van der Waals surface area (Å²) >= 11 is 0. The molecule has 2 N–H and O–H groups in total. The molecule has 0 aliphatic carbocycles. The highest BCUT2D eigenvalue weighted by Crippen LogP contribution is 2.16. The molecule has 0 unspecified atom stereocenters. The van der Waals surface area contributed by atoms with Gasteiger partial charge >= 0.3 is 6.09 Å². The van der Waals surface area contributed by atoms with Gasteiger partial charge in [0, 0.05) is 18.8 Å². The molecule has 0 bridgehead atoms. The molecule has 6 nitrogen and oxygen atoms in total. The quantitative estimate of drug-likeness (QED) is 0.894. The molecule has 0 radical (unpaired) electrons. The van der Waals surface area contributed by atoms with Crippen molar-refractivity contribution in [2.45, 2.75) is 51.9 Å². The van der Waals surface area contributed by atoms with E-state index >= 15 is 0 Å². The van der Waals surface area contributed by atoms with Gasteiger partial charge in [-0.1, -0.05) is 12.1 Å². The molecular weight excluding hydrogens is 296 g/mol. The molecule has 2 rings (SSSR count). The Balaban J connectivity index is 1.87. The number of alkyl carbamates (subject to hydrolysis) is 1. The first-order valence-corrected chi connectivity index (χ1v) is 7.82. The van der Waals surface area contributed by atoms with Crippen molar-refractivity contribution in [2.24, 2.45) is 0 Å². The van der Waals surface area contributed by atoms with E-state index in [0.29, 0.717) is 18.8 Å². The zero-order chi connectivity index (χ0) is 16.9. The topological polar surface area (TPSA) is 76.7 Å². The van der Waals surface area contributed by atoms with Gasteiger partial charge in [0.15, 0.2) is 0 Å². The highest BCUT2D eigenvalue weighted by atomic mass is 16.6. The molecular formula is C17H24N2O4. The van der Waals surface area contributed by atoms with Crippen LogP contribution < -0.4 is 10.6 Å². The number of ether oxygens (including phenoxy) is 2. The predicted octanol–water partition coefficient (Wildman–Crippen LogP) is 2.83. The van der Waals surface area contributed by atoms with Crippen LogP contribution in [0.3, 0.4) is 0 Å². The molecule has 126 valence electrons.